The molecule has 0 aromatic heterocycles. The molecule has 0 aliphatic rings. The number of benzene rings is 2. The summed E-state index contributed by atoms with van der Waals surface area (Å²) in [6.45, 7) is 4.86. The van der Waals surface area contributed by atoms with Crippen LogP contribution >= 0.6 is 0 Å². The van der Waals surface area contributed by atoms with Crippen molar-refractivity contribution in [1.82, 2.24) is 0 Å². The molecule has 0 aliphatic carbocycles. The van der Waals surface area contributed by atoms with Crippen molar-refractivity contribution >= 4 is 11.8 Å². The first-order valence-corrected chi connectivity index (χ1v) is 6.71. The van der Waals surface area contributed by atoms with E-state index >= 15 is 0 Å². The van der Waals surface area contributed by atoms with Crippen LogP contribution in [0.3, 0.4) is 0 Å². The van der Waals surface area contributed by atoms with Crippen LogP contribution in [-0.4, -0.2) is 19.3 Å². The zero-order valence-corrected chi connectivity index (χ0v) is 11.7. The number of hydrogen-bond acceptors (Lipinski definition) is 3. The van der Waals surface area contributed by atoms with E-state index in [0.717, 1.165) is 11.1 Å². The number of carbonyl (C=O) groups is 1. The maximum Gasteiger partial charge on any atom is 0.411 e. The highest BCUT2D eigenvalue weighted by atomic mass is 16.6. The van der Waals surface area contributed by atoms with Crippen molar-refractivity contribution in [2.75, 3.05) is 18.5 Å². The summed E-state index contributed by atoms with van der Waals surface area (Å²) < 4.78 is 10.4. The van der Waals surface area contributed by atoms with Crippen molar-refractivity contribution in [1.29, 1.82) is 0 Å². The molecule has 4 heteroatoms. The van der Waals surface area contributed by atoms with Crippen molar-refractivity contribution in [3.05, 3.63) is 72.6 Å². The highest BCUT2D eigenvalue weighted by molar-refractivity contribution is 5.84. The third kappa shape index (κ3) is 5.67. The van der Waals surface area contributed by atoms with Crippen LogP contribution in [0, 0.1) is 6.92 Å². The van der Waals surface area contributed by atoms with Gasteiger partial charge in [0.25, 0.3) is 0 Å². The van der Waals surface area contributed by atoms with E-state index in [0.29, 0.717) is 18.9 Å². The molecule has 0 aliphatic heterocycles. The quantitative estimate of drug-likeness (QED) is 0.824. The van der Waals surface area contributed by atoms with Gasteiger partial charge in [0.2, 0.25) is 0 Å². The van der Waals surface area contributed by atoms with Gasteiger partial charge in [-0.1, -0.05) is 42.5 Å². The lowest BCUT2D eigenvalue weighted by Crippen LogP contribution is -2.16. The van der Waals surface area contributed by atoms with Gasteiger partial charge in [-0.2, -0.15) is 0 Å². The van der Waals surface area contributed by atoms with E-state index < -0.39 is 6.09 Å². The maximum atomic E-state index is 11.5. The summed E-state index contributed by atoms with van der Waals surface area (Å²) in [6.07, 6.45) is -0.491. The second-order valence-corrected chi connectivity index (χ2v) is 4.50. The lowest BCUT2D eigenvalue weighted by atomic mass is 10.2. The van der Waals surface area contributed by atoms with E-state index in [1.807, 2.05) is 42.5 Å². The minimum absolute atomic E-state index is 0.214. The number of hydrogen-bond donors (Lipinski definition) is 1. The van der Waals surface area contributed by atoms with Gasteiger partial charge in [0, 0.05) is 5.69 Å². The van der Waals surface area contributed by atoms with Crippen LogP contribution < -0.4 is 5.32 Å². The second kappa shape index (κ2) is 8.07. The van der Waals surface area contributed by atoms with Crippen LogP contribution in [0.1, 0.15) is 11.1 Å². The Morgan fingerprint density at radius 2 is 1.71 bits per heavy atom. The summed E-state index contributed by atoms with van der Waals surface area (Å²) in [4.78, 5) is 11.5. The maximum absolute atomic E-state index is 11.5. The van der Waals surface area contributed by atoms with Gasteiger partial charge in [-0.3, -0.25) is 5.32 Å². The molecule has 0 saturated heterocycles. The smallest absolute Gasteiger partial charge is 0.411 e. The molecular weight excluding hydrogens is 266 g/mol. The molecule has 21 heavy (non-hydrogen) atoms. The zero-order chi connectivity index (χ0) is 14.9. The third-order valence-electron chi connectivity index (χ3n) is 2.77. The van der Waals surface area contributed by atoms with Crippen LogP contribution in [0.4, 0.5) is 10.5 Å². The summed E-state index contributed by atoms with van der Waals surface area (Å²) in [7, 11) is 0. The van der Waals surface area contributed by atoms with Crippen LogP contribution in [0.25, 0.3) is 0 Å². The standard InChI is InChI=1S/C17H18NO3/c1-14-7-9-16(10-8-14)18-17(19)21-12-11-20-13-15-5-3-2-4-6-15/h2-10H,1,11-13H2,(H,18,19). The highest BCUT2D eigenvalue weighted by Gasteiger charge is 2.02. The average Bonchev–Trinajstić information content (AvgIpc) is 2.50. The lowest BCUT2D eigenvalue weighted by molar-refractivity contribution is 0.0696. The molecular formula is C17H18NO3. The molecule has 2 rings (SSSR count). The first kappa shape index (κ1) is 15.1. The topological polar surface area (TPSA) is 47.6 Å². The van der Waals surface area contributed by atoms with Gasteiger partial charge in [-0.05, 0) is 30.2 Å². The van der Waals surface area contributed by atoms with Crippen molar-refractivity contribution < 1.29 is 14.3 Å². The molecule has 0 saturated carbocycles. The number of ether oxygens (including phenoxy) is 2. The number of rotatable bonds is 6. The Balaban J connectivity index is 1.60. The van der Waals surface area contributed by atoms with Gasteiger partial charge in [0.1, 0.15) is 6.61 Å². The van der Waals surface area contributed by atoms with Gasteiger partial charge in [0.05, 0.1) is 13.2 Å². The summed E-state index contributed by atoms with van der Waals surface area (Å²) >= 11 is 0. The van der Waals surface area contributed by atoms with Crippen LogP contribution in [0.5, 0.6) is 0 Å². The van der Waals surface area contributed by atoms with Crippen LogP contribution in [-0.2, 0) is 16.1 Å². The van der Waals surface area contributed by atoms with Crippen molar-refractivity contribution in [2.45, 2.75) is 6.61 Å². The number of anilines is 1. The minimum Gasteiger partial charge on any atom is -0.447 e. The fourth-order valence-electron chi connectivity index (χ4n) is 1.70. The van der Waals surface area contributed by atoms with Crippen LogP contribution in [0.2, 0.25) is 0 Å². The SMILES string of the molecule is [CH2]c1ccc(NC(=O)OCCOCc2ccccc2)cc1. The normalized spacial score (nSPS) is 10.1. The van der Waals surface area contributed by atoms with Gasteiger partial charge < -0.3 is 9.47 Å². The van der Waals surface area contributed by atoms with Crippen molar-refractivity contribution in [3.8, 4) is 0 Å². The molecule has 2 aromatic rings. The summed E-state index contributed by atoms with van der Waals surface area (Å²) in [5, 5.41) is 2.63. The molecule has 2 aromatic carbocycles. The van der Waals surface area contributed by atoms with E-state index in [1.54, 1.807) is 12.1 Å². The van der Waals surface area contributed by atoms with E-state index in [2.05, 4.69) is 12.2 Å². The fraction of sp³-hybridized carbons (Fsp3) is 0.176. The lowest BCUT2D eigenvalue weighted by Gasteiger charge is -2.08. The van der Waals surface area contributed by atoms with Gasteiger partial charge >= 0.3 is 6.09 Å². The molecule has 0 fully saturated rings. The molecule has 0 spiro atoms. The Bertz CT molecular complexity index is 552. The predicted molar refractivity (Wildman–Crippen MR) is 82.0 cm³/mol. The van der Waals surface area contributed by atoms with Crippen molar-refractivity contribution in [2.24, 2.45) is 0 Å². The Morgan fingerprint density at radius 3 is 2.43 bits per heavy atom. The summed E-state index contributed by atoms with van der Waals surface area (Å²) in [6, 6.07) is 17.0. The highest BCUT2D eigenvalue weighted by Crippen LogP contribution is 2.08. The van der Waals surface area contributed by atoms with E-state index in [-0.39, 0.29) is 6.61 Å². The summed E-state index contributed by atoms with van der Waals surface area (Å²) in [5.41, 5.74) is 2.66. The van der Waals surface area contributed by atoms with E-state index in [1.165, 1.54) is 0 Å². The molecule has 0 unspecified atom stereocenters. The van der Waals surface area contributed by atoms with Gasteiger partial charge in [0.15, 0.2) is 0 Å². The van der Waals surface area contributed by atoms with E-state index in [4.69, 9.17) is 9.47 Å². The van der Waals surface area contributed by atoms with E-state index in [9.17, 15) is 4.79 Å². The Hall–Kier alpha value is -2.33. The van der Waals surface area contributed by atoms with Crippen molar-refractivity contribution in [3.63, 3.8) is 0 Å². The van der Waals surface area contributed by atoms with Gasteiger partial charge in [-0.25, -0.2) is 4.79 Å². The monoisotopic (exact) mass is 284 g/mol. The largest absolute Gasteiger partial charge is 0.447 e. The number of carbonyl (C=O) groups excluding carboxylic acids is 1. The Labute approximate surface area is 124 Å². The first-order valence-electron chi connectivity index (χ1n) is 6.71. The average molecular weight is 284 g/mol. The zero-order valence-electron chi connectivity index (χ0n) is 11.7. The fourth-order valence-corrected chi connectivity index (χ4v) is 1.70. The molecule has 1 radical (unpaired) electrons. The molecule has 4 nitrogen and oxygen atoms in total. The second-order valence-electron chi connectivity index (χ2n) is 4.50. The third-order valence-corrected chi connectivity index (χ3v) is 2.77. The molecule has 109 valence electrons. The Kier molecular flexibility index (Phi) is 5.79. The summed E-state index contributed by atoms with van der Waals surface area (Å²) in [5.74, 6) is 0. The molecule has 0 bridgehead atoms. The Morgan fingerprint density at radius 1 is 1.00 bits per heavy atom. The molecule has 0 heterocycles. The number of nitrogens with one attached hydrogen (secondary N) is 1. The van der Waals surface area contributed by atoms with Gasteiger partial charge in [-0.15, -0.1) is 0 Å². The molecule has 0 atom stereocenters. The minimum atomic E-state index is -0.491. The molecule has 1 amide bonds. The van der Waals surface area contributed by atoms with Crippen LogP contribution in [0.15, 0.2) is 54.6 Å². The predicted octanol–water partition coefficient (Wildman–Crippen LogP) is 3.63. The number of amides is 1. The first-order chi connectivity index (χ1) is 10.2. The molecule has 1 N–H and O–H groups in total.